The van der Waals surface area contributed by atoms with Gasteiger partial charge in [0, 0.05) is 34.0 Å². The first-order valence-corrected chi connectivity index (χ1v) is 27.8. The molecule has 21 heteroatoms. The summed E-state index contributed by atoms with van der Waals surface area (Å²) < 4.78 is 102. The first-order valence-electron chi connectivity index (χ1n) is 24.4. The van der Waals surface area contributed by atoms with E-state index in [-0.39, 0.29) is 92.6 Å². The van der Waals surface area contributed by atoms with Crippen molar-refractivity contribution in [1.82, 2.24) is 0 Å². The minimum atomic E-state index is -5.80. The molecule has 1 rings (SSSR count). The van der Waals surface area contributed by atoms with Crippen molar-refractivity contribution in [2.75, 3.05) is 67.6 Å². The number of esters is 3. The number of benzene rings is 1. The normalized spacial score (nSPS) is 12.7. The number of carbonyl (C=O) groups is 4. The van der Waals surface area contributed by atoms with Crippen molar-refractivity contribution in [3.63, 3.8) is 0 Å². The molecule has 0 aromatic heterocycles. The Bertz CT molecular complexity index is 1600. The van der Waals surface area contributed by atoms with E-state index in [4.69, 9.17) is 37.0 Å². The summed E-state index contributed by atoms with van der Waals surface area (Å²) in [6.07, 6.45) is 12.8. The van der Waals surface area contributed by atoms with Gasteiger partial charge in [0.1, 0.15) is 6.61 Å². The molecule has 1 aromatic carbocycles. The molecule has 0 aliphatic rings. The van der Waals surface area contributed by atoms with Gasteiger partial charge in [-0.3, -0.25) is 14.4 Å². The standard InChI is InChI=1S/C14H28O2.C12H14F3NO3S.C12H26O5Si.C11H22O4.K/c1-4-6-7-8-9-10-11-12-16-14(15)13(3)5-2;1-3-8(2)9-4-6-10(7-5-9)11(17)16-20(18,19)12(13,14)15;1-7-12(2,3)11(13)17-9-8-10-18(14-4,15-5)16-6;1-4-10(3)11(12)15-9-8-14-7-6-13-5-2;/h13H,4-12H2,1-3H3;4-8H,3H2,1-2H3,(H,16,17);7-10H2,1-6H3;10H,4-9H2,1-3H3;/q;;;;+1/p-1. The number of alkyl halides is 3. The third kappa shape index (κ3) is 35.6. The zero-order valence-electron chi connectivity index (χ0n) is 45.4. The summed E-state index contributed by atoms with van der Waals surface area (Å²) in [4.78, 5) is 45.7. The molecule has 0 spiro atoms. The van der Waals surface area contributed by atoms with Gasteiger partial charge in [0.25, 0.3) is 0 Å². The first kappa shape index (κ1) is 75.0. The first-order chi connectivity index (χ1) is 32.4. The molecule has 0 bridgehead atoms. The summed E-state index contributed by atoms with van der Waals surface area (Å²) in [6.45, 7) is 25.2. The van der Waals surface area contributed by atoms with Crippen molar-refractivity contribution in [3.05, 3.63) is 40.1 Å². The van der Waals surface area contributed by atoms with Crippen molar-refractivity contribution >= 4 is 42.6 Å². The maximum atomic E-state index is 12.1. The Hall–Kier alpha value is -1.51. The number of nitrogens with zero attached hydrogens (tertiary/aromatic N) is 1. The average molecular weight is 1070 g/mol. The minimum absolute atomic E-state index is 0. The molecule has 1 amide bonds. The number of hydrogen-bond donors (Lipinski definition) is 0. The second-order valence-electron chi connectivity index (χ2n) is 16.9. The summed E-state index contributed by atoms with van der Waals surface area (Å²) in [5.41, 5.74) is -5.29. The predicted molar refractivity (Wildman–Crippen MR) is 265 cm³/mol. The van der Waals surface area contributed by atoms with Gasteiger partial charge in [-0.05, 0) is 76.3 Å². The fourth-order valence-electron chi connectivity index (χ4n) is 5.17. The van der Waals surface area contributed by atoms with Crippen molar-refractivity contribution in [2.45, 2.75) is 171 Å². The van der Waals surface area contributed by atoms with Crippen LogP contribution in [0.5, 0.6) is 0 Å². The van der Waals surface area contributed by atoms with E-state index >= 15 is 0 Å². The molecular weight excluding hydrogens is 983 g/mol. The SMILES string of the molecule is CCC(C)(C)C(=O)OCCC[Si](OC)(OC)OC.CCC(C)c1ccc(C(=O)[N-]S(=O)(=O)C(F)(F)F)cc1.CCCCCCCCCOC(=O)C(C)CC.CCOCCOCCOC(=O)C(C)CC.[K+]. The van der Waals surface area contributed by atoms with Gasteiger partial charge in [0.05, 0.1) is 56.2 Å². The molecule has 0 aliphatic heterocycles. The fourth-order valence-corrected chi connectivity index (χ4v) is 7.29. The number of unbranched alkanes of at least 4 members (excludes halogenated alkanes) is 6. The number of carbonyl (C=O) groups excluding carboxylic acids is 4. The minimum Gasteiger partial charge on any atom is -0.534 e. The van der Waals surface area contributed by atoms with Crippen LogP contribution in [0.15, 0.2) is 24.3 Å². The van der Waals surface area contributed by atoms with E-state index in [1.165, 1.54) is 50.7 Å². The summed E-state index contributed by atoms with van der Waals surface area (Å²) in [6, 6.07) is 6.29. The van der Waals surface area contributed by atoms with Gasteiger partial charge in [0.2, 0.25) is 0 Å². The van der Waals surface area contributed by atoms with Gasteiger partial charge < -0.3 is 46.5 Å². The Morgan fingerprint density at radius 1 is 0.629 bits per heavy atom. The monoisotopic (exact) mass is 1070 g/mol. The summed E-state index contributed by atoms with van der Waals surface area (Å²) in [5.74, 6) is -1.50. The largest absolute Gasteiger partial charge is 1.00 e. The van der Waals surface area contributed by atoms with Crippen molar-refractivity contribution in [1.29, 1.82) is 0 Å². The van der Waals surface area contributed by atoms with E-state index in [1.807, 2.05) is 69.2 Å². The number of hydrogen-bond acceptors (Lipinski definition) is 14. The molecule has 3 atom stereocenters. The Labute approximate surface area is 463 Å². The molecular formula is C49H89F3KNO14SSi. The molecule has 70 heavy (non-hydrogen) atoms. The van der Waals surface area contributed by atoms with E-state index in [2.05, 4.69) is 11.6 Å². The van der Waals surface area contributed by atoms with Gasteiger partial charge >= 0.3 is 83.6 Å². The van der Waals surface area contributed by atoms with Crippen LogP contribution < -0.4 is 51.4 Å². The molecule has 0 aliphatic carbocycles. The van der Waals surface area contributed by atoms with Crippen LogP contribution in [0.25, 0.3) is 4.72 Å². The van der Waals surface area contributed by atoms with Gasteiger partial charge in [0.15, 0.2) is 10.0 Å². The molecule has 1 aromatic rings. The third-order valence-corrected chi connectivity index (χ3v) is 15.0. The van der Waals surface area contributed by atoms with E-state index < -0.39 is 35.7 Å². The summed E-state index contributed by atoms with van der Waals surface area (Å²) >= 11 is 0. The number of halogens is 3. The van der Waals surface area contributed by atoms with Crippen LogP contribution in [-0.2, 0) is 61.4 Å². The summed E-state index contributed by atoms with van der Waals surface area (Å²) in [7, 11) is -3.61. The van der Waals surface area contributed by atoms with E-state index in [1.54, 1.807) is 33.5 Å². The molecule has 0 heterocycles. The molecule has 0 radical (unpaired) electrons. The fraction of sp³-hybridized carbons (Fsp3) is 0.796. The topological polar surface area (TPSA) is 190 Å². The third-order valence-electron chi connectivity index (χ3n) is 11.1. The molecule has 0 fully saturated rings. The van der Waals surface area contributed by atoms with Crippen molar-refractivity contribution in [2.24, 2.45) is 17.3 Å². The zero-order valence-corrected chi connectivity index (χ0v) is 50.3. The van der Waals surface area contributed by atoms with Gasteiger partial charge in [-0.1, -0.05) is 118 Å². The Morgan fingerprint density at radius 3 is 1.53 bits per heavy atom. The second-order valence-corrected chi connectivity index (χ2v) is 21.6. The van der Waals surface area contributed by atoms with Crippen LogP contribution in [0.3, 0.4) is 0 Å². The quantitative estimate of drug-likeness (QED) is 0.0288. The van der Waals surface area contributed by atoms with Crippen LogP contribution in [0.1, 0.15) is 175 Å². The maximum absolute atomic E-state index is 12.1. The number of sulfonamides is 1. The average Bonchev–Trinajstić information content (AvgIpc) is 3.33. The van der Waals surface area contributed by atoms with Crippen LogP contribution in [0.2, 0.25) is 6.04 Å². The van der Waals surface area contributed by atoms with Crippen molar-refractivity contribution < 1.29 is 129 Å². The van der Waals surface area contributed by atoms with Crippen LogP contribution in [0.4, 0.5) is 13.2 Å². The predicted octanol–water partition coefficient (Wildman–Crippen LogP) is 8.76. The van der Waals surface area contributed by atoms with E-state index in [0.29, 0.717) is 58.7 Å². The van der Waals surface area contributed by atoms with Gasteiger partial charge in [-0.25, -0.2) is 8.42 Å². The Morgan fingerprint density at radius 2 is 1.09 bits per heavy atom. The molecule has 3 unspecified atom stereocenters. The molecule has 0 saturated heterocycles. The maximum Gasteiger partial charge on any atom is 1.00 e. The summed E-state index contributed by atoms with van der Waals surface area (Å²) in [5, 5.41) is 0. The van der Waals surface area contributed by atoms with Gasteiger partial charge in [-0.2, -0.15) is 13.2 Å². The number of amides is 1. The molecule has 0 N–H and O–H groups in total. The molecule has 0 saturated carbocycles. The number of ether oxygens (including phenoxy) is 5. The second kappa shape index (κ2) is 43.9. The van der Waals surface area contributed by atoms with Gasteiger partial charge in [-0.15, -0.1) is 0 Å². The van der Waals surface area contributed by atoms with E-state index in [9.17, 15) is 40.8 Å². The van der Waals surface area contributed by atoms with Crippen LogP contribution in [0, 0.1) is 17.3 Å². The molecule has 15 nitrogen and oxygen atoms in total. The molecule has 406 valence electrons. The van der Waals surface area contributed by atoms with Crippen LogP contribution in [-0.4, -0.2) is 114 Å². The van der Waals surface area contributed by atoms with E-state index in [0.717, 1.165) is 37.7 Å². The zero-order chi connectivity index (χ0) is 53.5. The Kier molecular flexibility index (Phi) is 47.0. The smallest absolute Gasteiger partial charge is 0.534 e. The number of rotatable bonds is 32. The van der Waals surface area contributed by atoms with Crippen LogP contribution >= 0.6 is 0 Å². The Balaban J connectivity index is -0.000000416. The van der Waals surface area contributed by atoms with Crippen molar-refractivity contribution in [3.8, 4) is 0 Å².